The van der Waals surface area contributed by atoms with Gasteiger partial charge in [-0.15, -0.1) is 0 Å². The molecule has 0 bridgehead atoms. The van der Waals surface area contributed by atoms with E-state index in [2.05, 4.69) is 15.0 Å². The molecule has 28 heavy (non-hydrogen) atoms. The molecule has 0 atom stereocenters. The van der Waals surface area contributed by atoms with Crippen LogP contribution in [0.5, 0.6) is 5.75 Å². The van der Waals surface area contributed by atoms with E-state index in [1.54, 1.807) is 36.1 Å². The van der Waals surface area contributed by atoms with Gasteiger partial charge in [-0.05, 0) is 30.3 Å². The van der Waals surface area contributed by atoms with E-state index < -0.39 is 11.6 Å². The lowest BCUT2D eigenvalue weighted by molar-refractivity contribution is 0.386. The Morgan fingerprint density at radius 1 is 1.00 bits per heavy atom. The molecule has 0 amide bonds. The number of hydrogen-bond acceptors (Lipinski definition) is 5. The molecule has 0 saturated carbocycles. The zero-order chi connectivity index (χ0) is 19.8. The third-order valence-electron chi connectivity index (χ3n) is 4.34. The Kier molecular flexibility index (Phi) is 4.20. The Morgan fingerprint density at radius 2 is 1.68 bits per heavy atom. The number of fused-ring (bicyclic) bond motifs is 1. The number of rotatable bonds is 3. The third kappa shape index (κ3) is 2.83. The van der Waals surface area contributed by atoms with Crippen LogP contribution in [0.3, 0.4) is 0 Å². The molecule has 0 saturated heterocycles. The van der Waals surface area contributed by atoms with Crippen molar-refractivity contribution in [1.82, 2.24) is 19.5 Å². The van der Waals surface area contributed by atoms with E-state index in [0.29, 0.717) is 33.8 Å². The third-order valence-corrected chi connectivity index (χ3v) is 4.34. The molecule has 0 radical (unpaired) electrons. The quantitative estimate of drug-likeness (QED) is 0.542. The lowest BCUT2D eigenvalue weighted by atomic mass is 10.0. The molecule has 0 aliphatic carbocycles. The van der Waals surface area contributed by atoms with Gasteiger partial charge in [-0.2, -0.15) is 5.26 Å². The fourth-order valence-corrected chi connectivity index (χ4v) is 2.91. The number of aromatic nitrogens is 4. The smallest absolute Gasteiger partial charge is 0.198 e. The Labute approximate surface area is 158 Å². The topological polar surface area (TPSA) is 76.6 Å². The molecule has 138 valence electrons. The van der Waals surface area contributed by atoms with Crippen LogP contribution >= 0.6 is 0 Å². The summed E-state index contributed by atoms with van der Waals surface area (Å²) in [6, 6.07) is 10.4. The molecule has 0 spiro atoms. The van der Waals surface area contributed by atoms with Crippen LogP contribution < -0.4 is 4.74 Å². The predicted molar refractivity (Wildman–Crippen MR) is 98.4 cm³/mol. The van der Waals surface area contributed by atoms with Crippen LogP contribution in [0.4, 0.5) is 8.78 Å². The number of halogens is 2. The summed E-state index contributed by atoms with van der Waals surface area (Å²) >= 11 is 0. The van der Waals surface area contributed by atoms with Crippen molar-refractivity contribution in [2.45, 2.75) is 0 Å². The average Bonchev–Trinajstić information content (AvgIpc) is 3.07. The van der Waals surface area contributed by atoms with E-state index in [9.17, 15) is 8.78 Å². The van der Waals surface area contributed by atoms with Crippen LogP contribution in [0, 0.1) is 23.0 Å². The number of nitrogens with zero attached hydrogens (tertiary/aromatic N) is 5. The Balaban J connectivity index is 2.00. The summed E-state index contributed by atoms with van der Waals surface area (Å²) in [5.41, 5.74) is 2.36. The minimum Gasteiger partial charge on any atom is -0.494 e. The lowest BCUT2D eigenvalue weighted by Crippen LogP contribution is -1.99. The van der Waals surface area contributed by atoms with Gasteiger partial charge in [0, 0.05) is 18.2 Å². The maximum Gasteiger partial charge on any atom is 0.198 e. The van der Waals surface area contributed by atoms with E-state index in [4.69, 9.17) is 10.00 Å². The van der Waals surface area contributed by atoms with Crippen LogP contribution in [0.25, 0.3) is 33.8 Å². The highest BCUT2D eigenvalue weighted by molar-refractivity contribution is 5.84. The van der Waals surface area contributed by atoms with Crippen molar-refractivity contribution in [3.05, 3.63) is 59.9 Å². The largest absolute Gasteiger partial charge is 0.494 e. The summed E-state index contributed by atoms with van der Waals surface area (Å²) in [7, 11) is 3.15. The van der Waals surface area contributed by atoms with E-state index in [1.807, 2.05) is 0 Å². The number of hydrogen-bond donors (Lipinski definition) is 0. The first-order valence-corrected chi connectivity index (χ1v) is 8.25. The highest BCUT2D eigenvalue weighted by atomic mass is 19.1. The highest BCUT2D eigenvalue weighted by Gasteiger charge is 2.18. The van der Waals surface area contributed by atoms with E-state index in [-0.39, 0.29) is 11.3 Å². The van der Waals surface area contributed by atoms with Crippen LogP contribution in [0.15, 0.2) is 42.7 Å². The average molecular weight is 377 g/mol. The number of methoxy groups -OCH3 is 1. The normalized spacial score (nSPS) is 10.8. The molecule has 0 unspecified atom stereocenters. The number of imidazole rings is 1. The molecule has 6 nitrogen and oxygen atoms in total. The van der Waals surface area contributed by atoms with Gasteiger partial charge < -0.3 is 9.30 Å². The molecule has 2 heterocycles. The minimum atomic E-state index is -0.672. The van der Waals surface area contributed by atoms with Crippen LogP contribution in [0.1, 0.15) is 5.56 Å². The molecular weight excluding hydrogens is 364 g/mol. The van der Waals surface area contributed by atoms with Crippen molar-refractivity contribution >= 4 is 11.3 Å². The molecule has 4 rings (SSSR count). The molecule has 4 aromatic rings. The fourth-order valence-electron chi connectivity index (χ4n) is 2.91. The highest BCUT2D eigenvalue weighted by Crippen LogP contribution is 2.33. The van der Waals surface area contributed by atoms with Crippen molar-refractivity contribution in [2.75, 3.05) is 7.11 Å². The molecule has 0 fully saturated rings. The van der Waals surface area contributed by atoms with Crippen molar-refractivity contribution in [3.63, 3.8) is 0 Å². The maximum atomic E-state index is 14.3. The summed E-state index contributed by atoms with van der Waals surface area (Å²) in [5.74, 6) is -1.12. The van der Waals surface area contributed by atoms with Gasteiger partial charge in [-0.25, -0.2) is 23.7 Å². The molecule has 8 heteroatoms. The van der Waals surface area contributed by atoms with Crippen molar-refractivity contribution in [1.29, 1.82) is 5.26 Å². The second-order valence-corrected chi connectivity index (χ2v) is 6.08. The molecular formula is C20H13F2N5O. The number of aryl methyl sites for hydroxylation is 1. The van der Waals surface area contributed by atoms with Crippen molar-refractivity contribution in [3.8, 4) is 34.3 Å². The Morgan fingerprint density at radius 3 is 2.32 bits per heavy atom. The maximum absolute atomic E-state index is 14.3. The summed E-state index contributed by atoms with van der Waals surface area (Å²) in [6.07, 6.45) is 1.56. The summed E-state index contributed by atoms with van der Waals surface area (Å²) in [6.45, 7) is 0. The first-order chi connectivity index (χ1) is 13.5. The Hall–Kier alpha value is -3.86. The van der Waals surface area contributed by atoms with Gasteiger partial charge in [0.15, 0.2) is 22.9 Å². The lowest BCUT2D eigenvalue weighted by Gasteiger charge is -2.11. The summed E-state index contributed by atoms with van der Waals surface area (Å²) in [5, 5.41) is 8.95. The first kappa shape index (κ1) is 17.5. The van der Waals surface area contributed by atoms with Crippen molar-refractivity contribution < 1.29 is 13.5 Å². The van der Waals surface area contributed by atoms with E-state index >= 15 is 0 Å². The van der Waals surface area contributed by atoms with Gasteiger partial charge in [0.25, 0.3) is 0 Å². The second kappa shape index (κ2) is 6.70. The van der Waals surface area contributed by atoms with Crippen LogP contribution in [0.2, 0.25) is 0 Å². The van der Waals surface area contributed by atoms with Gasteiger partial charge in [-0.3, -0.25) is 0 Å². The molecule has 0 aliphatic heterocycles. The summed E-state index contributed by atoms with van der Waals surface area (Å²) in [4.78, 5) is 13.3. The van der Waals surface area contributed by atoms with Crippen LogP contribution in [-0.2, 0) is 7.05 Å². The van der Waals surface area contributed by atoms with Gasteiger partial charge >= 0.3 is 0 Å². The number of benzene rings is 2. The second-order valence-electron chi connectivity index (χ2n) is 6.08. The zero-order valence-electron chi connectivity index (χ0n) is 14.9. The number of ether oxygens (including phenoxy) is 1. The summed E-state index contributed by atoms with van der Waals surface area (Å²) < 4.78 is 35.1. The van der Waals surface area contributed by atoms with Crippen LogP contribution in [-0.4, -0.2) is 26.6 Å². The molecule has 2 aromatic carbocycles. The van der Waals surface area contributed by atoms with E-state index in [0.717, 1.165) is 0 Å². The Bertz CT molecular complexity index is 1260. The van der Waals surface area contributed by atoms with Gasteiger partial charge in [0.2, 0.25) is 0 Å². The zero-order valence-corrected chi connectivity index (χ0v) is 14.9. The van der Waals surface area contributed by atoms with Gasteiger partial charge in [0.1, 0.15) is 11.9 Å². The predicted octanol–water partition coefficient (Wildman–Crippen LogP) is 3.86. The first-order valence-electron chi connectivity index (χ1n) is 8.25. The number of nitriles is 1. The SMILES string of the molecule is COc1ccc(-c2nc3c(ncn3C)nc2-c2ccc(C#N)c(F)c2)cc1F. The minimum absolute atomic E-state index is 0.0762. The standard InChI is InChI=1S/C20H13F2N5O/c1-27-10-24-19-20(27)26-18(12-5-6-16(28-2)15(22)8-12)17(25-19)11-3-4-13(9-23)14(21)7-11/h3-8,10H,1-2H3. The van der Waals surface area contributed by atoms with E-state index in [1.165, 1.54) is 31.4 Å². The van der Waals surface area contributed by atoms with Gasteiger partial charge in [0.05, 0.1) is 30.4 Å². The molecule has 0 N–H and O–H groups in total. The monoisotopic (exact) mass is 377 g/mol. The molecule has 0 aliphatic rings. The van der Waals surface area contributed by atoms with Crippen molar-refractivity contribution in [2.24, 2.45) is 7.05 Å². The fraction of sp³-hybridized carbons (Fsp3) is 0.100. The van der Waals surface area contributed by atoms with Gasteiger partial charge in [-0.1, -0.05) is 6.07 Å². The molecule has 2 aromatic heterocycles.